The van der Waals surface area contributed by atoms with Gasteiger partial charge in [0.25, 0.3) is 0 Å². The number of pyridine rings is 1. The largest absolute Gasteiger partial charge is 0.475 e. The number of anilines is 2. The van der Waals surface area contributed by atoms with Gasteiger partial charge in [-0.15, -0.1) is 0 Å². The zero-order chi connectivity index (χ0) is 36.3. The number of halogens is 1. The normalized spacial score (nSPS) is 19.8. The van der Waals surface area contributed by atoms with Crippen molar-refractivity contribution in [1.29, 1.82) is 5.41 Å². The van der Waals surface area contributed by atoms with E-state index >= 15 is 4.39 Å². The van der Waals surface area contributed by atoms with Crippen molar-refractivity contribution in [1.82, 2.24) is 14.8 Å². The Balaban J connectivity index is 0.00000523. The zero-order valence-electron chi connectivity index (χ0n) is 29.2. The van der Waals surface area contributed by atoms with E-state index in [2.05, 4.69) is 19.9 Å². The van der Waals surface area contributed by atoms with E-state index < -0.39 is 11.2 Å². The van der Waals surface area contributed by atoms with Gasteiger partial charge in [-0.3, -0.25) is 24.9 Å². The van der Waals surface area contributed by atoms with Gasteiger partial charge in [0.15, 0.2) is 0 Å². The zero-order valence-corrected chi connectivity index (χ0v) is 29.2. The smallest absolute Gasteiger partial charge is 0.237 e. The molecule has 3 aliphatic rings. The van der Waals surface area contributed by atoms with Gasteiger partial charge in [0.05, 0.1) is 23.8 Å². The molecule has 6 rings (SSSR count). The molecular formula is C38H46FN9O3. The second-order valence-corrected chi connectivity index (χ2v) is 13.5. The predicted molar refractivity (Wildman–Crippen MR) is 200 cm³/mol. The second kappa shape index (κ2) is 14.8. The van der Waals surface area contributed by atoms with Crippen molar-refractivity contribution < 1.29 is 20.1 Å². The molecule has 5 N–H and O–H groups in total. The predicted octanol–water partition coefficient (Wildman–Crippen LogP) is 4.36. The van der Waals surface area contributed by atoms with Crippen LogP contribution in [-0.4, -0.2) is 96.9 Å². The van der Waals surface area contributed by atoms with E-state index in [0.717, 1.165) is 5.57 Å². The number of amides is 2. The number of nitrogens with zero attached hydrogens (tertiary/aromatic N) is 6. The quantitative estimate of drug-likeness (QED) is 0.161. The number of rotatable bonds is 10. The number of nitrogens with two attached hydrogens (primary N) is 2. The molecule has 0 bridgehead atoms. The molecule has 2 fully saturated rings. The van der Waals surface area contributed by atoms with E-state index in [4.69, 9.17) is 21.6 Å². The number of likely N-dealkylation sites (tertiary alicyclic amines) is 1. The number of nitrogens with one attached hydrogen (secondary N) is 1. The summed E-state index contributed by atoms with van der Waals surface area (Å²) in [5.74, 6) is 0.289. The van der Waals surface area contributed by atoms with E-state index in [0.29, 0.717) is 91.5 Å². The summed E-state index contributed by atoms with van der Waals surface area (Å²) in [7, 11) is 1.58. The summed E-state index contributed by atoms with van der Waals surface area (Å²) in [6.45, 7) is 6.63. The Labute approximate surface area is 298 Å². The van der Waals surface area contributed by atoms with Crippen LogP contribution in [0.25, 0.3) is 5.57 Å². The van der Waals surface area contributed by atoms with E-state index in [1.54, 1.807) is 59.4 Å². The number of amidine groups is 1. The van der Waals surface area contributed by atoms with Crippen LogP contribution in [0.4, 0.5) is 15.8 Å². The molecule has 2 aromatic carbocycles. The first kappa shape index (κ1) is 35.4. The van der Waals surface area contributed by atoms with Crippen molar-refractivity contribution in [3.8, 4) is 5.88 Å². The fourth-order valence-electron chi connectivity index (χ4n) is 7.02. The molecule has 0 saturated carbocycles. The van der Waals surface area contributed by atoms with Crippen LogP contribution < -0.4 is 21.1 Å². The lowest BCUT2D eigenvalue weighted by atomic mass is 9.85. The molecule has 3 aromatic rings. The minimum Gasteiger partial charge on any atom is -0.475 e. The lowest BCUT2D eigenvalue weighted by Crippen LogP contribution is -2.43. The Bertz CT molecular complexity index is 1930. The number of carbonyl (C=O) groups is 2. The van der Waals surface area contributed by atoms with Crippen molar-refractivity contribution in [2.24, 2.45) is 21.1 Å². The van der Waals surface area contributed by atoms with Crippen molar-refractivity contribution in [3.05, 3.63) is 88.9 Å². The van der Waals surface area contributed by atoms with Crippen LogP contribution in [0.15, 0.2) is 70.8 Å². The second-order valence-electron chi connectivity index (χ2n) is 13.5. The molecule has 12 nitrogen and oxygen atoms in total. The number of benzene rings is 2. The van der Waals surface area contributed by atoms with Gasteiger partial charge >= 0.3 is 0 Å². The Morgan fingerprint density at radius 3 is 2.61 bits per heavy atom. The third kappa shape index (κ3) is 7.53. The van der Waals surface area contributed by atoms with Crippen molar-refractivity contribution in [2.45, 2.75) is 39.2 Å². The molecule has 0 unspecified atom stereocenters. The summed E-state index contributed by atoms with van der Waals surface area (Å²) >= 11 is 0. The highest BCUT2D eigenvalue weighted by Crippen LogP contribution is 2.43. The highest BCUT2D eigenvalue weighted by molar-refractivity contribution is 6.14. The Hall–Kier alpha value is -5.43. The summed E-state index contributed by atoms with van der Waals surface area (Å²) in [5, 5.41) is 8.84. The van der Waals surface area contributed by atoms with Crippen LogP contribution in [0, 0.1) is 16.6 Å². The SMILES string of the molecule is CN=CN=C(N)c1ccc(C2=CCN(C(=O)CN3CC[C@]4(CCN(c5ccc(N)c(C(=N)c6ccc(OC(C)C)nc6)c5)C4=O)C3)CC2)c(F)c1.[HH]. The van der Waals surface area contributed by atoms with Gasteiger partial charge < -0.3 is 26.0 Å². The van der Waals surface area contributed by atoms with E-state index in [9.17, 15) is 9.59 Å². The Morgan fingerprint density at radius 1 is 1.14 bits per heavy atom. The lowest BCUT2D eigenvalue weighted by Gasteiger charge is -2.29. The van der Waals surface area contributed by atoms with E-state index in [-0.39, 0.29) is 37.4 Å². The first-order valence-electron chi connectivity index (χ1n) is 17.1. The fourth-order valence-corrected chi connectivity index (χ4v) is 7.02. The molecule has 2 saturated heterocycles. The van der Waals surface area contributed by atoms with Crippen molar-refractivity contribution in [2.75, 3.05) is 56.9 Å². The van der Waals surface area contributed by atoms with Gasteiger partial charge in [0, 0.05) is 80.5 Å². The van der Waals surface area contributed by atoms with Gasteiger partial charge in [-0.05, 0) is 75.6 Å². The van der Waals surface area contributed by atoms with Crippen LogP contribution in [0.5, 0.6) is 5.88 Å². The molecule has 13 heteroatoms. The number of hydrogen-bond acceptors (Lipinski definition) is 8. The molecule has 1 aromatic heterocycles. The summed E-state index contributed by atoms with van der Waals surface area (Å²) in [6.07, 6.45) is 6.67. The maximum atomic E-state index is 15.0. The first-order chi connectivity index (χ1) is 24.5. The van der Waals surface area contributed by atoms with Crippen molar-refractivity contribution >= 4 is 46.6 Å². The van der Waals surface area contributed by atoms with Gasteiger partial charge in [-0.25, -0.2) is 14.4 Å². The average molecular weight is 696 g/mol. The topological polar surface area (TPSA) is 167 Å². The minimum absolute atomic E-state index is 0. The number of hydrogen-bond donors (Lipinski definition) is 3. The number of aliphatic imine (C=N–C) groups is 2. The maximum Gasteiger partial charge on any atom is 0.237 e. The Morgan fingerprint density at radius 2 is 1.92 bits per heavy atom. The molecule has 1 spiro atoms. The first-order valence-corrected chi connectivity index (χ1v) is 17.1. The summed E-state index contributed by atoms with van der Waals surface area (Å²) in [4.78, 5) is 45.0. The number of aromatic nitrogens is 1. The molecule has 0 aliphatic carbocycles. The highest BCUT2D eigenvalue weighted by atomic mass is 19.1. The maximum absolute atomic E-state index is 15.0. The number of nitrogen functional groups attached to an aromatic ring is 1. The standard InChI is InChI=1S/C38H44FN9O3.H2/c1-24(2)51-33-9-5-27(20-44-33)35(41)30-19-28(6-8-32(30)40)48-17-13-38(37(48)50)12-16-46(22-38)21-34(49)47-14-10-25(11-15-47)29-7-4-26(18-31(29)39)36(42)45-23-43-3;/h4-10,18-20,23-24,41H,11-17,21-22,40H2,1-3H3,(H2,42,43,45);1H/t38-;/m0./s1. The highest BCUT2D eigenvalue weighted by Gasteiger charge is 2.51. The number of carbonyl (C=O) groups excluding carboxylic acids is 2. The van der Waals surface area contributed by atoms with Crippen LogP contribution in [-0.2, 0) is 9.59 Å². The molecule has 51 heavy (non-hydrogen) atoms. The van der Waals surface area contributed by atoms with Crippen molar-refractivity contribution in [3.63, 3.8) is 0 Å². The molecule has 3 aliphatic heterocycles. The molecule has 2 amide bonds. The molecule has 1 atom stereocenters. The third-order valence-corrected chi connectivity index (χ3v) is 9.79. The fraction of sp³-hybridized carbons (Fsp3) is 0.368. The molecular weight excluding hydrogens is 649 g/mol. The Kier molecular flexibility index (Phi) is 10.3. The van der Waals surface area contributed by atoms with Crippen LogP contribution in [0.3, 0.4) is 0 Å². The minimum atomic E-state index is -0.568. The van der Waals surface area contributed by atoms with Gasteiger partial charge in [0.1, 0.15) is 18.0 Å². The molecule has 268 valence electrons. The number of ether oxygens (including phenoxy) is 1. The van der Waals surface area contributed by atoms with Crippen LogP contribution in [0.1, 0.15) is 56.8 Å². The summed E-state index contributed by atoms with van der Waals surface area (Å²) in [5.41, 5.74) is 15.9. The molecule has 4 heterocycles. The monoisotopic (exact) mass is 695 g/mol. The van der Waals surface area contributed by atoms with E-state index in [1.165, 1.54) is 12.4 Å². The van der Waals surface area contributed by atoms with Crippen LogP contribution in [0.2, 0.25) is 0 Å². The van der Waals surface area contributed by atoms with Gasteiger partial charge in [-0.2, -0.15) is 0 Å². The summed E-state index contributed by atoms with van der Waals surface area (Å²) < 4.78 is 20.6. The third-order valence-electron chi connectivity index (χ3n) is 9.79. The average Bonchev–Trinajstić information content (AvgIpc) is 3.68. The lowest BCUT2D eigenvalue weighted by molar-refractivity contribution is -0.132. The summed E-state index contributed by atoms with van der Waals surface area (Å²) in [6, 6.07) is 13.7. The van der Waals surface area contributed by atoms with Gasteiger partial charge in [-0.1, -0.05) is 18.2 Å². The molecule has 0 radical (unpaired) electrons. The van der Waals surface area contributed by atoms with Crippen LogP contribution >= 0.6 is 0 Å². The van der Waals surface area contributed by atoms with Gasteiger partial charge in [0.2, 0.25) is 17.7 Å². The van der Waals surface area contributed by atoms with E-state index in [1.807, 2.05) is 26.0 Å².